The normalized spacial score (nSPS) is 11.5. The summed E-state index contributed by atoms with van der Waals surface area (Å²) in [4.78, 5) is 17.8. The van der Waals surface area contributed by atoms with Crippen LogP contribution in [0.2, 0.25) is 0 Å². The van der Waals surface area contributed by atoms with Gasteiger partial charge in [-0.25, -0.2) is 4.99 Å². The predicted molar refractivity (Wildman–Crippen MR) is 118 cm³/mol. The van der Waals surface area contributed by atoms with Crippen LogP contribution in [0.5, 0.6) is 5.75 Å². The fraction of sp³-hybridized carbons (Fsp3) is 0.120. The number of rotatable bonds is 4. The molecule has 0 fully saturated rings. The number of carbonyl (C=O) groups is 1. The highest BCUT2D eigenvalue weighted by Gasteiger charge is 2.13. The second-order valence-corrected chi connectivity index (χ2v) is 7.14. The van der Waals surface area contributed by atoms with Crippen LogP contribution in [0.25, 0.3) is 11.0 Å². The van der Waals surface area contributed by atoms with E-state index in [-0.39, 0.29) is 11.5 Å². The van der Waals surface area contributed by atoms with Gasteiger partial charge < -0.3 is 14.5 Å². The summed E-state index contributed by atoms with van der Waals surface area (Å²) in [7, 11) is 1.60. The third-order valence-corrected chi connectivity index (χ3v) is 4.69. The highest BCUT2D eigenvalue weighted by atomic mass is 16.5. The number of para-hydroxylation sites is 1. The lowest BCUT2D eigenvalue weighted by Gasteiger charge is -2.08. The average Bonchev–Trinajstić information content (AvgIpc) is 2.73. The van der Waals surface area contributed by atoms with E-state index in [2.05, 4.69) is 16.4 Å². The Balaban J connectivity index is 1.81. The molecule has 0 aliphatic rings. The molecular formula is C25H22N2O3. The van der Waals surface area contributed by atoms with Gasteiger partial charge in [0.15, 0.2) is 0 Å². The van der Waals surface area contributed by atoms with Crippen LogP contribution in [0.1, 0.15) is 21.5 Å². The maximum Gasteiger partial charge on any atom is 0.261 e. The van der Waals surface area contributed by atoms with Gasteiger partial charge in [0, 0.05) is 11.1 Å². The van der Waals surface area contributed by atoms with Crippen LogP contribution in [-0.4, -0.2) is 13.0 Å². The Morgan fingerprint density at radius 2 is 1.63 bits per heavy atom. The lowest BCUT2D eigenvalue weighted by molar-refractivity contribution is 0.102. The summed E-state index contributed by atoms with van der Waals surface area (Å²) in [6, 6.07) is 22.5. The average molecular weight is 398 g/mol. The number of carbonyl (C=O) groups excluding carboxylic acids is 1. The fourth-order valence-electron chi connectivity index (χ4n) is 3.32. The SMILES string of the molecule is COc1ccc(NC(=O)c2cc3ccccc3oc2=Nc2cc(C)cc(C)c2)cc1. The minimum Gasteiger partial charge on any atom is -0.497 e. The van der Waals surface area contributed by atoms with Crippen LogP contribution >= 0.6 is 0 Å². The van der Waals surface area contributed by atoms with E-state index in [1.807, 2.05) is 50.2 Å². The highest BCUT2D eigenvalue weighted by molar-refractivity contribution is 6.05. The Labute approximate surface area is 174 Å². The number of methoxy groups -OCH3 is 1. The van der Waals surface area contributed by atoms with Gasteiger partial charge in [-0.15, -0.1) is 0 Å². The van der Waals surface area contributed by atoms with Gasteiger partial charge >= 0.3 is 0 Å². The first-order valence-corrected chi connectivity index (χ1v) is 9.63. The van der Waals surface area contributed by atoms with E-state index >= 15 is 0 Å². The van der Waals surface area contributed by atoms with Crippen LogP contribution in [0.4, 0.5) is 11.4 Å². The molecule has 0 radical (unpaired) electrons. The molecule has 150 valence electrons. The summed E-state index contributed by atoms with van der Waals surface area (Å²) in [6.07, 6.45) is 0. The summed E-state index contributed by atoms with van der Waals surface area (Å²) in [6.45, 7) is 4.03. The molecule has 0 bridgehead atoms. The summed E-state index contributed by atoms with van der Waals surface area (Å²) >= 11 is 0. The lowest BCUT2D eigenvalue weighted by atomic mass is 10.1. The molecule has 0 unspecified atom stereocenters. The monoisotopic (exact) mass is 398 g/mol. The largest absolute Gasteiger partial charge is 0.497 e. The van der Waals surface area contributed by atoms with Gasteiger partial charge in [0.1, 0.15) is 16.9 Å². The zero-order chi connectivity index (χ0) is 21.1. The molecule has 0 spiro atoms. The van der Waals surface area contributed by atoms with Crippen molar-refractivity contribution >= 4 is 28.3 Å². The maximum absolute atomic E-state index is 13.1. The van der Waals surface area contributed by atoms with Crippen molar-refractivity contribution in [3.8, 4) is 5.75 Å². The molecule has 3 aromatic carbocycles. The van der Waals surface area contributed by atoms with Gasteiger partial charge in [0.25, 0.3) is 5.91 Å². The summed E-state index contributed by atoms with van der Waals surface area (Å²) < 4.78 is 11.2. The number of hydrogen-bond donors (Lipinski definition) is 1. The lowest BCUT2D eigenvalue weighted by Crippen LogP contribution is -2.21. The molecule has 0 saturated carbocycles. The first-order valence-electron chi connectivity index (χ1n) is 9.63. The third kappa shape index (κ3) is 4.25. The van der Waals surface area contributed by atoms with Gasteiger partial charge in [-0.1, -0.05) is 24.3 Å². The molecule has 4 rings (SSSR count). The highest BCUT2D eigenvalue weighted by Crippen LogP contribution is 2.19. The third-order valence-electron chi connectivity index (χ3n) is 4.69. The zero-order valence-electron chi connectivity index (χ0n) is 17.1. The van der Waals surface area contributed by atoms with Gasteiger partial charge in [-0.05, 0) is 73.5 Å². The van der Waals surface area contributed by atoms with Gasteiger partial charge in [0.2, 0.25) is 5.55 Å². The first kappa shape index (κ1) is 19.5. The standard InChI is InChI=1S/C25H22N2O3/c1-16-12-17(2)14-20(13-16)27-25-22(15-18-6-4-5-7-23(18)30-25)24(28)26-19-8-10-21(29-3)11-9-19/h4-15H,1-3H3,(H,26,28). The molecule has 1 aromatic heterocycles. The molecule has 0 saturated heterocycles. The van der Waals surface area contributed by atoms with Crippen LogP contribution in [0.3, 0.4) is 0 Å². The molecule has 1 amide bonds. The van der Waals surface area contributed by atoms with E-state index in [0.717, 1.165) is 28.0 Å². The molecule has 0 atom stereocenters. The molecule has 1 N–H and O–H groups in total. The molecule has 5 nitrogen and oxygen atoms in total. The molecule has 1 heterocycles. The van der Waals surface area contributed by atoms with Gasteiger partial charge in [0.05, 0.1) is 12.8 Å². The summed E-state index contributed by atoms with van der Waals surface area (Å²) in [5, 5.41) is 3.74. The van der Waals surface area contributed by atoms with Crippen molar-refractivity contribution in [3.05, 3.63) is 95.0 Å². The van der Waals surface area contributed by atoms with Gasteiger partial charge in [-0.2, -0.15) is 0 Å². The van der Waals surface area contributed by atoms with Crippen molar-refractivity contribution in [2.75, 3.05) is 12.4 Å². The number of fused-ring (bicyclic) bond motifs is 1. The number of amides is 1. The Bertz CT molecular complexity index is 1270. The maximum atomic E-state index is 13.1. The minimum atomic E-state index is -0.294. The van der Waals surface area contributed by atoms with E-state index in [4.69, 9.17) is 9.15 Å². The number of aryl methyl sites for hydroxylation is 2. The van der Waals surface area contributed by atoms with Crippen molar-refractivity contribution in [3.63, 3.8) is 0 Å². The molecule has 5 heteroatoms. The van der Waals surface area contributed by atoms with Crippen molar-refractivity contribution in [1.29, 1.82) is 0 Å². The number of hydrogen-bond acceptors (Lipinski definition) is 4. The van der Waals surface area contributed by atoms with E-state index in [9.17, 15) is 4.79 Å². The second-order valence-electron chi connectivity index (χ2n) is 7.14. The smallest absolute Gasteiger partial charge is 0.261 e. The van der Waals surface area contributed by atoms with Crippen LogP contribution in [0, 0.1) is 13.8 Å². The number of ether oxygens (including phenoxy) is 1. The van der Waals surface area contributed by atoms with Gasteiger partial charge in [-0.3, -0.25) is 4.79 Å². The van der Waals surface area contributed by atoms with Crippen molar-refractivity contribution in [2.45, 2.75) is 13.8 Å². The van der Waals surface area contributed by atoms with E-state index < -0.39 is 0 Å². The second kappa shape index (κ2) is 8.25. The Hall–Kier alpha value is -3.86. The number of nitrogens with zero attached hydrogens (tertiary/aromatic N) is 1. The van der Waals surface area contributed by atoms with E-state index in [0.29, 0.717) is 16.8 Å². The zero-order valence-corrected chi connectivity index (χ0v) is 17.1. The van der Waals surface area contributed by atoms with E-state index in [1.54, 1.807) is 37.4 Å². The molecular weight excluding hydrogens is 376 g/mol. The quantitative estimate of drug-likeness (QED) is 0.491. The van der Waals surface area contributed by atoms with Crippen LogP contribution in [-0.2, 0) is 0 Å². The Kier molecular flexibility index (Phi) is 5.35. The molecule has 0 aliphatic carbocycles. The molecule has 4 aromatic rings. The van der Waals surface area contributed by atoms with E-state index in [1.165, 1.54) is 0 Å². The number of nitrogens with one attached hydrogen (secondary N) is 1. The molecule has 0 aliphatic heterocycles. The summed E-state index contributed by atoms with van der Waals surface area (Å²) in [5.74, 6) is 0.428. The topological polar surface area (TPSA) is 63.8 Å². The van der Waals surface area contributed by atoms with Crippen LogP contribution < -0.4 is 15.6 Å². The number of benzene rings is 3. The summed E-state index contributed by atoms with van der Waals surface area (Å²) in [5.41, 5.74) is 4.89. The minimum absolute atomic E-state index is 0.268. The molecule has 30 heavy (non-hydrogen) atoms. The Morgan fingerprint density at radius 3 is 2.33 bits per heavy atom. The predicted octanol–water partition coefficient (Wildman–Crippen LogP) is 5.54. The first-order chi connectivity index (χ1) is 14.5. The fourth-order valence-corrected chi connectivity index (χ4v) is 3.32. The van der Waals surface area contributed by atoms with Crippen molar-refractivity contribution in [1.82, 2.24) is 0 Å². The van der Waals surface area contributed by atoms with Crippen molar-refractivity contribution < 1.29 is 13.9 Å². The van der Waals surface area contributed by atoms with Crippen molar-refractivity contribution in [2.24, 2.45) is 4.99 Å². The number of anilines is 1. The van der Waals surface area contributed by atoms with Crippen LogP contribution in [0.15, 0.2) is 82.2 Å². The Morgan fingerprint density at radius 1 is 0.933 bits per heavy atom.